The average Bonchev–Trinajstić information content (AvgIpc) is 3.05. The molecule has 0 aliphatic carbocycles. The van der Waals surface area contributed by atoms with Crippen LogP contribution in [0.1, 0.15) is 65.1 Å². The summed E-state index contributed by atoms with van der Waals surface area (Å²) >= 11 is 0. The lowest BCUT2D eigenvalue weighted by atomic mass is 9.85. The first-order valence-corrected chi connectivity index (χ1v) is 10.9. The lowest BCUT2D eigenvalue weighted by molar-refractivity contribution is -0.119. The van der Waals surface area contributed by atoms with Crippen molar-refractivity contribution in [1.82, 2.24) is 4.90 Å². The van der Waals surface area contributed by atoms with Crippen molar-refractivity contribution in [2.75, 3.05) is 19.8 Å². The van der Waals surface area contributed by atoms with Gasteiger partial charge >= 0.3 is 0 Å². The minimum absolute atomic E-state index is 0.0194. The predicted molar refractivity (Wildman–Crippen MR) is 128 cm³/mol. The molecule has 2 amide bonds. The second-order valence-electron chi connectivity index (χ2n) is 9.15. The highest BCUT2D eigenvalue weighted by Crippen LogP contribution is 2.33. The predicted octanol–water partition coefficient (Wildman–Crippen LogP) is 2.37. The number of fused-ring (bicyclic) bond motifs is 1. The molecule has 0 saturated heterocycles. The number of hydrogen-bond acceptors (Lipinski definition) is 6. The van der Waals surface area contributed by atoms with Gasteiger partial charge in [0.2, 0.25) is 0 Å². The fourth-order valence-electron chi connectivity index (χ4n) is 3.86. The summed E-state index contributed by atoms with van der Waals surface area (Å²) in [5.41, 5.74) is 13.1. The number of ether oxygens (including phenoxy) is 2. The average molecular weight is 467 g/mol. The highest BCUT2D eigenvalue weighted by molar-refractivity contribution is 6.07. The van der Waals surface area contributed by atoms with Gasteiger partial charge in [0.05, 0.1) is 18.7 Å². The SMILES string of the molecule is CCOc1cc2c(cc1C(N)=O)C(=N)N(CC(=O)c1ccc(OCC(N)=O)c(C(C)(C)C)c1)C2. The Morgan fingerprint density at radius 3 is 2.35 bits per heavy atom. The zero-order chi connectivity index (χ0) is 25.2. The van der Waals surface area contributed by atoms with E-state index in [4.69, 9.17) is 26.4 Å². The smallest absolute Gasteiger partial charge is 0.255 e. The molecule has 2 aromatic rings. The number of carbonyl (C=O) groups excluding carboxylic acids is 3. The van der Waals surface area contributed by atoms with Gasteiger partial charge in [0.1, 0.15) is 17.3 Å². The van der Waals surface area contributed by atoms with Gasteiger partial charge in [-0.05, 0) is 48.2 Å². The lowest BCUT2D eigenvalue weighted by Gasteiger charge is -2.24. The van der Waals surface area contributed by atoms with E-state index in [0.717, 1.165) is 11.1 Å². The third kappa shape index (κ3) is 5.19. The van der Waals surface area contributed by atoms with Crippen molar-refractivity contribution in [2.24, 2.45) is 11.5 Å². The largest absolute Gasteiger partial charge is 0.493 e. The molecule has 0 fully saturated rings. The molecule has 0 aromatic heterocycles. The van der Waals surface area contributed by atoms with Crippen LogP contribution >= 0.6 is 0 Å². The monoisotopic (exact) mass is 466 g/mol. The Hall–Kier alpha value is -3.88. The number of primary amides is 2. The van der Waals surface area contributed by atoms with Crippen molar-refractivity contribution >= 4 is 23.4 Å². The van der Waals surface area contributed by atoms with Gasteiger partial charge in [0, 0.05) is 23.2 Å². The first-order valence-electron chi connectivity index (χ1n) is 10.9. The summed E-state index contributed by atoms with van der Waals surface area (Å²) in [6.07, 6.45) is 0. The maximum Gasteiger partial charge on any atom is 0.255 e. The van der Waals surface area contributed by atoms with Crippen molar-refractivity contribution in [1.29, 1.82) is 5.41 Å². The molecule has 9 nitrogen and oxygen atoms in total. The molecule has 0 atom stereocenters. The van der Waals surface area contributed by atoms with Gasteiger partial charge in [-0.25, -0.2) is 0 Å². The van der Waals surface area contributed by atoms with E-state index in [1.54, 1.807) is 42.2 Å². The van der Waals surface area contributed by atoms with Gasteiger partial charge in [0.25, 0.3) is 11.8 Å². The van der Waals surface area contributed by atoms with Crippen LogP contribution in [0.15, 0.2) is 30.3 Å². The van der Waals surface area contributed by atoms with E-state index >= 15 is 0 Å². The zero-order valence-electron chi connectivity index (χ0n) is 19.9. The normalized spacial score (nSPS) is 12.9. The van der Waals surface area contributed by atoms with E-state index in [1.165, 1.54) is 0 Å². The van der Waals surface area contributed by atoms with Crippen LogP contribution in [0.3, 0.4) is 0 Å². The van der Waals surface area contributed by atoms with Gasteiger partial charge < -0.3 is 25.8 Å². The highest BCUT2D eigenvalue weighted by Gasteiger charge is 2.29. The van der Waals surface area contributed by atoms with Gasteiger partial charge in [-0.1, -0.05) is 20.8 Å². The third-order valence-electron chi connectivity index (χ3n) is 5.52. The van der Waals surface area contributed by atoms with E-state index < -0.39 is 11.8 Å². The van der Waals surface area contributed by atoms with Crippen LogP contribution in [0.5, 0.6) is 11.5 Å². The Labute approximate surface area is 198 Å². The fourth-order valence-corrected chi connectivity index (χ4v) is 3.86. The number of benzene rings is 2. The molecule has 0 saturated carbocycles. The first-order chi connectivity index (χ1) is 15.9. The molecule has 5 N–H and O–H groups in total. The van der Waals surface area contributed by atoms with Crippen molar-refractivity contribution in [3.05, 3.63) is 58.1 Å². The Bertz CT molecular complexity index is 1170. The Balaban J connectivity index is 1.84. The molecule has 0 bridgehead atoms. The van der Waals surface area contributed by atoms with Crippen molar-refractivity contribution in [2.45, 2.75) is 39.7 Å². The van der Waals surface area contributed by atoms with E-state index in [-0.39, 0.29) is 35.7 Å². The third-order valence-corrected chi connectivity index (χ3v) is 5.52. The number of ketones is 1. The molecule has 3 rings (SSSR count). The number of amides is 2. The molecule has 0 radical (unpaired) electrons. The fraction of sp³-hybridized carbons (Fsp3) is 0.360. The Kier molecular flexibility index (Phi) is 6.95. The molecule has 1 heterocycles. The Morgan fingerprint density at radius 2 is 1.76 bits per heavy atom. The molecule has 180 valence electrons. The number of nitrogens with zero attached hydrogens (tertiary/aromatic N) is 1. The van der Waals surface area contributed by atoms with Crippen LogP contribution in [0.25, 0.3) is 0 Å². The van der Waals surface area contributed by atoms with Crippen LogP contribution in [0, 0.1) is 5.41 Å². The minimum atomic E-state index is -0.637. The summed E-state index contributed by atoms with van der Waals surface area (Å²) in [7, 11) is 0. The van der Waals surface area contributed by atoms with Crippen LogP contribution in [0.2, 0.25) is 0 Å². The summed E-state index contributed by atoms with van der Waals surface area (Å²) < 4.78 is 11.1. The number of nitrogens with one attached hydrogen (secondary N) is 1. The van der Waals surface area contributed by atoms with Crippen LogP contribution in [0.4, 0.5) is 0 Å². The van der Waals surface area contributed by atoms with Gasteiger partial charge in [-0.2, -0.15) is 0 Å². The summed E-state index contributed by atoms with van der Waals surface area (Å²) in [6.45, 7) is 8.18. The standard InChI is InChI=1S/C25H30N4O5/c1-5-33-21-9-15-11-29(23(27)16(15)10-17(21)24(28)32)12-19(30)14-6-7-20(34-13-22(26)31)18(8-14)25(2,3)4/h6-10,27H,5,11-13H2,1-4H3,(H2,26,31)(H2,28,32). The maximum atomic E-state index is 13.1. The van der Waals surface area contributed by atoms with Gasteiger partial charge in [-0.3, -0.25) is 19.8 Å². The van der Waals surface area contributed by atoms with Crippen LogP contribution in [-0.4, -0.2) is 48.1 Å². The number of amidine groups is 1. The molecular weight excluding hydrogens is 436 g/mol. The van der Waals surface area contributed by atoms with Crippen LogP contribution in [-0.2, 0) is 16.8 Å². The quantitative estimate of drug-likeness (QED) is 0.483. The lowest BCUT2D eigenvalue weighted by Crippen LogP contribution is -2.30. The number of rotatable bonds is 9. The molecule has 1 aliphatic rings. The molecule has 2 aromatic carbocycles. The van der Waals surface area contributed by atoms with Gasteiger partial charge in [0.15, 0.2) is 12.4 Å². The maximum absolute atomic E-state index is 13.1. The van der Waals surface area contributed by atoms with E-state index in [2.05, 4.69) is 0 Å². The minimum Gasteiger partial charge on any atom is -0.493 e. The van der Waals surface area contributed by atoms with E-state index in [9.17, 15) is 14.4 Å². The topological polar surface area (TPSA) is 149 Å². The van der Waals surface area contributed by atoms with Crippen LogP contribution < -0.4 is 20.9 Å². The van der Waals surface area contributed by atoms with E-state index in [1.807, 2.05) is 20.8 Å². The van der Waals surface area contributed by atoms with E-state index in [0.29, 0.717) is 35.8 Å². The summed E-state index contributed by atoms with van der Waals surface area (Å²) in [6, 6.07) is 8.32. The molecular formula is C25H30N4O5. The van der Waals surface area contributed by atoms with Crippen molar-refractivity contribution < 1.29 is 23.9 Å². The summed E-state index contributed by atoms with van der Waals surface area (Å²) in [5.74, 6) is -0.389. The zero-order valence-corrected chi connectivity index (χ0v) is 19.9. The molecule has 9 heteroatoms. The number of Topliss-reactive ketones (excluding diaryl/α,β-unsaturated/α-hetero) is 1. The molecule has 0 spiro atoms. The highest BCUT2D eigenvalue weighted by atomic mass is 16.5. The summed E-state index contributed by atoms with van der Waals surface area (Å²) in [4.78, 5) is 37.8. The van der Waals surface area contributed by atoms with Crippen molar-refractivity contribution in [3.63, 3.8) is 0 Å². The number of hydrogen-bond donors (Lipinski definition) is 3. The second-order valence-corrected chi connectivity index (χ2v) is 9.15. The summed E-state index contributed by atoms with van der Waals surface area (Å²) in [5, 5.41) is 8.54. The molecule has 1 aliphatic heterocycles. The number of carbonyl (C=O) groups is 3. The Morgan fingerprint density at radius 1 is 1.06 bits per heavy atom. The molecule has 34 heavy (non-hydrogen) atoms. The van der Waals surface area contributed by atoms with Gasteiger partial charge in [-0.15, -0.1) is 0 Å². The molecule has 0 unspecified atom stereocenters. The second kappa shape index (κ2) is 9.54. The van der Waals surface area contributed by atoms with Crippen molar-refractivity contribution in [3.8, 4) is 11.5 Å². The number of nitrogens with two attached hydrogens (primary N) is 2. The first kappa shape index (κ1) is 24.8.